The molecule has 0 radical (unpaired) electrons. The van der Waals surface area contributed by atoms with Gasteiger partial charge in [-0.15, -0.1) is 0 Å². The molecule has 3 nitrogen and oxygen atoms in total. The maximum absolute atomic E-state index is 9.37. The van der Waals surface area contributed by atoms with Crippen LogP contribution in [0.15, 0.2) is 12.2 Å². The molecule has 0 rings (SSSR count). The predicted octanol–water partition coefficient (Wildman–Crippen LogP) is 1.82. The molecule has 0 amide bonds. The number of carboxylic acid groups (broad SMARTS) is 1. The number of carbonyl (C=O) groups is 1. The number of aliphatic carboxylic acids is 1. The molecule has 0 aliphatic rings. The van der Waals surface area contributed by atoms with Crippen LogP contribution in [0, 0.1) is 0 Å². The molecule has 0 aromatic carbocycles. The topological polar surface area (TPSA) is 57.5 Å². The number of rotatable bonds is 4. The molecule has 72 valence electrons. The summed E-state index contributed by atoms with van der Waals surface area (Å²) < 4.78 is 0. The Hall–Kier alpha value is -0.830. The molecule has 0 bridgehead atoms. The van der Waals surface area contributed by atoms with E-state index in [9.17, 15) is 4.79 Å². The molecule has 12 heavy (non-hydrogen) atoms. The molecule has 0 aliphatic carbocycles. The van der Waals surface area contributed by atoms with E-state index in [2.05, 4.69) is 13.0 Å². The van der Waals surface area contributed by atoms with Gasteiger partial charge in [-0.05, 0) is 12.8 Å². The Morgan fingerprint density at radius 3 is 2.08 bits per heavy atom. The van der Waals surface area contributed by atoms with E-state index in [4.69, 9.17) is 10.2 Å². The molecule has 0 spiro atoms. The van der Waals surface area contributed by atoms with Gasteiger partial charge in [-0.25, -0.2) is 0 Å². The molecule has 0 aromatic rings. The van der Waals surface area contributed by atoms with Crippen molar-refractivity contribution in [2.24, 2.45) is 0 Å². The molecule has 0 saturated carbocycles. The van der Waals surface area contributed by atoms with E-state index >= 15 is 0 Å². The van der Waals surface area contributed by atoms with Crippen molar-refractivity contribution in [3.63, 3.8) is 0 Å². The van der Waals surface area contributed by atoms with Crippen LogP contribution < -0.4 is 0 Å². The Balaban J connectivity index is 0. The summed E-state index contributed by atoms with van der Waals surface area (Å²) in [6, 6.07) is 0. The standard InChI is InChI=1S/C6H12O.C3H6O2/c1-2-3-4-5-6-7;1-2-3(4)5/h3-4,7H,2,5-6H2,1H3;2H2,1H3,(H,4,5)/b4-3-;. The van der Waals surface area contributed by atoms with Crippen molar-refractivity contribution in [2.75, 3.05) is 6.61 Å². The number of aliphatic hydroxyl groups is 1. The SMILES string of the molecule is CC/C=C\CCO.CCC(=O)O. The largest absolute Gasteiger partial charge is 0.481 e. The van der Waals surface area contributed by atoms with Crippen LogP contribution in [0.5, 0.6) is 0 Å². The number of hydrogen-bond acceptors (Lipinski definition) is 2. The minimum atomic E-state index is -0.745. The number of allylic oxidation sites excluding steroid dienone is 1. The van der Waals surface area contributed by atoms with Crippen LogP contribution in [0.25, 0.3) is 0 Å². The van der Waals surface area contributed by atoms with Crippen molar-refractivity contribution >= 4 is 5.97 Å². The molecule has 0 unspecified atom stereocenters. The van der Waals surface area contributed by atoms with E-state index in [0.29, 0.717) is 0 Å². The fourth-order valence-corrected chi connectivity index (χ4v) is 0.359. The van der Waals surface area contributed by atoms with Gasteiger partial charge in [0.2, 0.25) is 0 Å². The Bertz CT molecular complexity index is 119. The Morgan fingerprint density at radius 1 is 1.33 bits per heavy atom. The summed E-state index contributed by atoms with van der Waals surface area (Å²) in [6.07, 6.45) is 6.13. The molecule has 0 atom stereocenters. The average Bonchev–Trinajstić information content (AvgIpc) is 2.07. The summed E-state index contributed by atoms with van der Waals surface area (Å²) >= 11 is 0. The summed E-state index contributed by atoms with van der Waals surface area (Å²) in [6.45, 7) is 3.95. The highest BCUT2D eigenvalue weighted by atomic mass is 16.4. The van der Waals surface area contributed by atoms with Crippen molar-refractivity contribution in [1.82, 2.24) is 0 Å². The fraction of sp³-hybridized carbons (Fsp3) is 0.667. The van der Waals surface area contributed by atoms with Crippen molar-refractivity contribution in [3.8, 4) is 0 Å². The Kier molecular flexibility index (Phi) is 14.7. The quantitative estimate of drug-likeness (QED) is 0.639. The zero-order valence-electron chi connectivity index (χ0n) is 7.79. The van der Waals surface area contributed by atoms with Gasteiger partial charge >= 0.3 is 5.97 Å². The molecule has 0 aliphatic heterocycles. The average molecular weight is 174 g/mol. The lowest BCUT2D eigenvalue weighted by molar-refractivity contribution is -0.136. The molecule has 2 N–H and O–H groups in total. The maximum Gasteiger partial charge on any atom is 0.303 e. The maximum atomic E-state index is 9.37. The van der Waals surface area contributed by atoms with Gasteiger partial charge in [-0.2, -0.15) is 0 Å². The predicted molar refractivity (Wildman–Crippen MR) is 49.1 cm³/mol. The van der Waals surface area contributed by atoms with Crippen molar-refractivity contribution in [2.45, 2.75) is 33.1 Å². The van der Waals surface area contributed by atoms with Crippen LogP contribution in [0.3, 0.4) is 0 Å². The lowest BCUT2D eigenvalue weighted by atomic mass is 10.3. The van der Waals surface area contributed by atoms with Gasteiger partial charge in [-0.3, -0.25) is 4.79 Å². The first-order valence-electron chi connectivity index (χ1n) is 4.16. The van der Waals surface area contributed by atoms with Crippen molar-refractivity contribution in [3.05, 3.63) is 12.2 Å². The molecule has 0 heterocycles. The van der Waals surface area contributed by atoms with Gasteiger partial charge in [0.05, 0.1) is 0 Å². The van der Waals surface area contributed by atoms with E-state index in [1.54, 1.807) is 6.92 Å². The Labute approximate surface area is 73.7 Å². The van der Waals surface area contributed by atoms with E-state index < -0.39 is 5.97 Å². The fourth-order valence-electron chi connectivity index (χ4n) is 0.359. The van der Waals surface area contributed by atoms with Gasteiger partial charge in [0.25, 0.3) is 0 Å². The highest BCUT2D eigenvalue weighted by Gasteiger charge is 1.80. The van der Waals surface area contributed by atoms with E-state index in [1.165, 1.54) is 0 Å². The lowest BCUT2D eigenvalue weighted by Gasteiger charge is -1.79. The number of aliphatic hydroxyl groups excluding tert-OH is 1. The number of hydrogen-bond donors (Lipinski definition) is 2. The van der Waals surface area contributed by atoms with Crippen molar-refractivity contribution in [1.29, 1.82) is 0 Å². The zero-order valence-corrected chi connectivity index (χ0v) is 7.79. The second-order valence-corrected chi connectivity index (χ2v) is 2.14. The van der Waals surface area contributed by atoms with Gasteiger partial charge in [0.15, 0.2) is 0 Å². The van der Waals surface area contributed by atoms with Crippen LogP contribution in [0.4, 0.5) is 0 Å². The van der Waals surface area contributed by atoms with Gasteiger partial charge < -0.3 is 10.2 Å². The Morgan fingerprint density at radius 2 is 1.83 bits per heavy atom. The van der Waals surface area contributed by atoms with Crippen LogP contribution in [0.2, 0.25) is 0 Å². The minimum absolute atomic E-state index is 0.222. The second-order valence-electron chi connectivity index (χ2n) is 2.14. The summed E-state index contributed by atoms with van der Waals surface area (Å²) in [4.78, 5) is 9.37. The third kappa shape index (κ3) is 22.9. The first kappa shape index (κ1) is 13.7. The molecule has 0 aromatic heterocycles. The first-order valence-corrected chi connectivity index (χ1v) is 4.16. The molecular formula is C9H18O3. The van der Waals surface area contributed by atoms with Crippen LogP contribution in [-0.4, -0.2) is 22.8 Å². The van der Waals surface area contributed by atoms with Gasteiger partial charge in [0.1, 0.15) is 0 Å². The smallest absolute Gasteiger partial charge is 0.303 e. The summed E-state index contributed by atoms with van der Waals surface area (Å²) in [7, 11) is 0. The lowest BCUT2D eigenvalue weighted by Crippen LogP contribution is -1.86. The van der Waals surface area contributed by atoms with E-state index in [1.807, 2.05) is 6.08 Å². The van der Waals surface area contributed by atoms with E-state index in [-0.39, 0.29) is 13.0 Å². The number of carboxylic acids is 1. The zero-order chi connectivity index (χ0) is 9.82. The molecular weight excluding hydrogens is 156 g/mol. The van der Waals surface area contributed by atoms with Crippen LogP contribution in [0.1, 0.15) is 33.1 Å². The van der Waals surface area contributed by atoms with Gasteiger partial charge in [-0.1, -0.05) is 26.0 Å². The second kappa shape index (κ2) is 12.8. The summed E-state index contributed by atoms with van der Waals surface area (Å²) in [5, 5.41) is 16.0. The molecule has 0 saturated heterocycles. The van der Waals surface area contributed by atoms with E-state index in [0.717, 1.165) is 12.8 Å². The third-order valence-corrected chi connectivity index (χ3v) is 1.00. The summed E-state index contributed by atoms with van der Waals surface area (Å²) in [5.41, 5.74) is 0. The first-order chi connectivity index (χ1) is 5.68. The molecule has 0 fully saturated rings. The van der Waals surface area contributed by atoms with Crippen LogP contribution >= 0.6 is 0 Å². The highest BCUT2D eigenvalue weighted by molar-refractivity contribution is 5.66. The van der Waals surface area contributed by atoms with Gasteiger partial charge in [0, 0.05) is 13.0 Å². The van der Waals surface area contributed by atoms with Crippen molar-refractivity contribution < 1.29 is 15.0 Å². The van der Waals surface area contributed by atoms with Crippen LogP contribution in [-0.2, 0) is 4.79 Å². The summed E-state index contributed by atoms with van der Waals surface area (Å²) in [5.74, 6) is -0.745. The monoisotopic (exact) mass is 174 g/mol. The molecule has 3 heteroatoms. The third-order valence-electron chi connectivity index (χ3n) is 1.00. The highest BCUT2D eigenvalue weighted by Crippen LogP contribution is 1.82. The normalized spacial score (nSPS) is 9.25. The minimum Gasteiger partial charge on any atom is -0.481 e.